The number of nitro benzene ring substituents is 1. The molecule has 1 N–H and O–H groups in total. The molecule has 0 aliphatic heterocycles. The van der Waals surface area contributed by atoms with E-state index < -0.39 is 10.8 Å². The summed E-state index contributed by atoms with van der Waals surface area (Å²) < 4.78 is 5.27. The molecule has 0 saturated heterocycles. The zero-order valence-corrected chi connectivity index (χ0v) is 13.7. The molecule has 0 radical (unpaired) electrons. The summed E-state index contributed by atoms with van der Waals surface area (Å²) in [6, 6.07) is 8.33. The molecule has 6 nitrogen and oxygen atoms in total. The third-order valence-corrected chi connectivity index (χ3v) is 3.55. The van der Waals surface area contributed by atoms with E-state index in [4.69, 9.17) is 39.5 Å². The number of hydrogen-bond donors (Lipinski definition) is 1. The molecule has 0 aliphatic carbocycles. The topological polar surface area (TPSA) is 81.5 Å². The van der Waals surface area contributed by atoms with Gasteiger partial charge in [0.05, 0.1) is 20.7 Å². The number of benzene rings is 2. The average Bonchev–Trinajstić information content (AvgIpc) is 2.50. The minimum Gasteiger partial charge on any atom is -0.482 e. The van der Waals surface area contributed by atoms with E-state index in [0.29, 0.717) is 10.0 Å². The van der Waals surface area contributed by atoms with E-state index >= 15 is 0 Å². The predicted octanol–water partition coefficient (Wildman–Crippen LogP) is 4.57. The molecule has 0 spiro atoms. The maximum Gasteiger partial charge on any atom is 0.271 e. The van der Waals surface area contributed by atoms with Crippen molar-refractivity contribution in [1.82, 2.24) is 0 Å². The second kappa shape index (κ2) is 7.50. The molecule has 2 aromatic rings. The van der Waals surface area contributed by atoms with Gasteiger partial charge in [0.2, 0.25) is 0 Å². The fraction of sp³-hybridized carbons (Fsp3) is 0.0714. The van der Waals surface area contributed by atoms with Gasteiger partial charge in [-0.25, -0.2) is 0 Å². The van der Waals surface area contributed by atoms with E-state index in [1.54, 1.807) is 12.1 Å². The number of non-ortho nitro benzene ring substituents is 1. The van der Waals surface area contributed by atoms with Crippen molar-refractivity contribution in [3.05, 3.63) is 61.6 Å². The lowest BCUT2D eigenvalue weighted by Gasteiger charge is -2.10. The maximum absolute atomic E-state index is 11.8. The number of nitrogens with one attached hydrogen (secondary N) is 1. The van der Waals surface area contributed by atoms with Crippen LogP contribution in [0.25, 0.3) is 0 Å². The zero-order valence-electron chi connectivity index (χ0n) is 11.4. The number of amides is 1. The molecule has 23 heavy (non-hydrogen) atoms. The van der Waals surface area contributed by atoms with Gasteiger partial charge in [-0.3, -0.25) is 14.9 Å². The normalized spacial score (nSPS) is 10.2. The third kappa shape index (κ3) is 4.72. The van der Waals surface area contributed by atoms with Crippen molar-refractivity contribution in [1.29, 1.82) is 0 Å². The van der Waals surface area contributed by atoms with Crippen LogP contribution in [0.4, 0.5) is 11.4 Å². The first-order valence-corrected chi connectivity index (χ1v) is 7.32. The summed E-state index contributed by atoms with van der Waals surface area (Å²) >= 11 is 17.6. The Labute approximate surface area is 146 Å². The number of carbonyl (C=O) groups is 1. The van der Waals surface area contributed by atoms with Crippen molar-refractivity contribution < 1.29 is 14.5 Å². The molecule has 0 atom stereocenters. The van der Waals surface area contributed by atoms with E-state index in [1.807, 2.05) is 0 Å². The Balaban J connectivity index is 2.00. The van der Waals surface area contributed by atoms with Crippen molar-refractivity contribution in [3.63, 3.8) is 0 Å². The molecule has 9 heteroatoms. The van der Waals surface area contributed by atoms with Crippen LogP contribution in [0.3, 0.4) is 0 Å². The van der Waals surface area contributed by atoms with Gasteiger partial charge in [0.25, 0.3) is 11.6 Å². The van der Waals surface area contributed by atoms with Crippen LogP contribution >= 0.6 is 34.8 Å². The first-order chi connectivity index (χ1) is 10.9. The van der Waals surface area contributed by atoms with Crippen LogP contribution in [0.1, 0.15) is 0 Å². The molecule has 0 unspecified atom stereocenters. The summed E-state index contributed by atoms with van der Waals surface area (Å²) in [6.45, 7) is -0.326. The Morgan fingerprint density at radius 2 is 1.87 bits per heavy atom. The number of nitrogens with zero attached hydrogens (tertiary/aromatic N) is 1. The average molecular weight is 376 g/mol. The number of halogens is 3. The number of ether oxygens (including phenoxy) is 1. The highest BCUT2D eigenvalue weighted by Gasteiger charge is 2.12. The van der Waals surface area contributed by atoms with Gasteiger partial charge in [-0.1, -0.05) is 34.8 Å². The number of rotatable bonds is 5. The first kappa shape index (κ1) is 17.3. The largest absolute Gasteiger partial charge is 0.482 e. The molecule has 0 fully saturated rings. The van der Waals surface area contributed by atoms with Gasteiger partial charge in [0.1, 0.15) is 5.75 Å². The summed E-state index contributed by atoms with van der Waals surface area (Å²) in [5.74, 6) is -0.235. The Morgan fingerprint density at radius 3 is 2.52 bits per heavy atom. The number of hydrogen-bond acceptors (Lipinski definition) is 4. The molecule has 0 aliphatic rings. The minimum absolute atomic E-state index is 0.0494. The van der Waals surface area contributed by atoms with Crippen molar-refractivity contribution in [2.75, 3.05) is 11.9 Å². The van der Waals surface area contributed by atoms with Crippen LogP contribution in [-0.2, 0) is 4.79 Å². The van der Waals surface area contributed by atoms with Gasteiger partial charge in [-0.05, 0) is 18.2 Å². The van der Waals surface area contributed by atoms with E-state index in [9.17, 15) is 14.9 Å². The molecule has 0 bridgehead atoms. The highest BCUT2D eigenvalue weighted by Crippen LogP contribution is 2.28. The van der Waals surface area contributed by atoms with Crippen LogP contribution < -0.4 is 10.1 Å². The van der Waals surface area contributed by atoms with Crippen LogP contribution in [0.5, 0.6) is 5.75 Å². The Bertz CT molecular complexity index is 768. The molecule has 0 heterocycles. The maximum atomic E-state index is 11.8. The Kier molecular flexibility index (Phi) is 5.65. The fourth-order valence-electron chi connectivity index (χ4n) is 1.64. The lowest BCUT2D eigenvalue weighted by atomic mass is 10.3. The first-order valence-electron chi connectivity index (χ1n) is 6.18. The van der Waals surface area contributed by atoms with Crippen LogP contribution in [0.15, 0.2) is 36.4 Å². The van der Waals surface area contributed by atoms with Crippen molar-refractivity contribution in [3.8, 4) is 5.75 Å². The molecule has 120 valence electrons. The summed E-state index contributed by atoms with van der Waals surface area (Å²) in [5.41, 5.74) is 0.0676. The summed E-state index contributed by atoms with van der Waals surface area (Å²) in [6.07, 6.45) is 0. The van der Waals surface area contributed by atoms with Crippen molar-refractivity contribution >= 4 is 52.1 Å². The standard InChI is InChI=1S/C14H9Cl3N2O4/c15-8-1-3-10(16)13(5-8)23-7-14(20)18-12-4-2-9(19(21)22)6-11(12)17/h1-6H,7H2,(H,18,20). The highest BCUT2D eigenvalue weighted by atomic mass is 35.5. The number of nitro groups is 1. The zero-order chi connectivity index (χ0) is 17.0. The second-order valence-corrected chi connectivity index (χ2v) is 5.58. The summed E-state index contributed by atoms with van der Waals surface area (Å²) in [7, 11) is 0. The SMILES string of the molecule is O=C(COc1cc(Cl)ccc1Cl)Nc1ccc([N+](=O)[O-])cc1Cl. The quantitative estimate of drug-likeness (QED) is 0.613. The Morgan fingerprint density at radius 1 is 1.13 bits per heavy atom. The van der Waals surface area contributed by atoms with Crippen LogP contribution in [-0.4, -0.2) is 17.4 Å². The van der Waals surface area contributed by atoms with E-state index in [0.717, 1.165) is 6.07 Å². The van der Waals surface area contributed by atoms with Crippen LogP contribution in [0, 0.1) is 10.1 Å². The monoisotopic (exact) mass is 374 g/mol. The molecule has 2 aromatic carbocycles. The molecular formula is C14H9Cl3N2O4. The van der Waals surface area contributed by atoms with Gasteiger partial charge in [-0.15, -0.1) is 0 Å². The fourth-order valence-corrected chi connectivity index (χ4v) is 2.19. The van der Waals surface area contributed by atoms with Gasteiger partial charge >= 0.3 is 0 Å². The summed E-state index contributed by atoms with van der Waals surface area (Å²) in [5, 5.41) is 13.9. The molecule has 0 saturated carbocycles. The number of carbonyl (C=O) groups excluding carboxylic acids is 1. The molecular weight excluding hydrogens is 367 g/mol. The predicted molar refractivity (Wildman–Crippen MR) is 88.7 cm³/mol. The van der Waals surface area contributed by atoms with Crippen LogP contribution in [0.2, 0.25) is 15.1 Å². The Hall–Kier alpha value is -2.02. The van der Waals surface area contributed by atoms with Crippen molar-refractivity contribution in [2.45, 2.75) is 0 Å². The lowest BCUT2D eigenvalue weighted by Crippen LogP contribution is -2.20. The lowest BCUT2D eigenvalue weighted by molar-refractivity contribution is -0.384. The van der Waals surface area contributed by atoms with Gasteiger partial charge in [-0.2, -0.15) is 0 Å². The highest BCUT2D eigenvalue weighted by molar-refractivity contribution is 6.34. The molecule has 0 aromatic heterocycles. The third-order valence-electron chi connectivity index (χ3n) is 2.69. The van der Waals surface area contributed by atoms with Crippen molar-refractivity contribution in [2.24, 2.45) is 0 Å². The number of anilines is 1. The smallest absolute Gasteiger partial charge is 0.271 e. The van der Waals surface area contributed by atoms with Gasteiger partial charge in [0, 0.05) is 23.2 Å². The van der Waals surface area contributed by atoms with E-state index in [2.05, 4.69) is 5.32 Å². The molecule has 1 amide bonds. The van der Waals surface area contributed by atoms with Gasteiger partial charge < -0.3 is 10.1 Å². The van der Waals surface area contributed by atoms with E-state index in [1.165, 1.54) is 18.2 Å². The summed E-state index contributed by atoms with van der Waals surface area (Å²) in [4.78, 5) is 21.9. The van der Waals surface area contributed by atoms with E-state index in [-0.39, 0.29) is 28.8 Å². The van der Waals surface area contributed by atoms with Gasteiger partial charge in [0.15, 0.2) is 6.61 Å². The second-order valence-electron chi connectivity index (χ2n) is 4.33. The minimum atomic E-state index is -0.582. The molecule has 2 rings (SSSR count).